The molecular formula is C24H32FNO3. The summed E-state index contributed by atoms with van der Waals surface area (Å²) in [7, 11) is 1.68. The maximum atomic E-state index is 14.9. The molecule has 0 unspecified atom stereocenters. The Bertz CT molecular complexity index is 791. The van der Waals surface area contributed by atoms with Crippen LogP contribution < -0.4 is 10.1 Å². The third-order valence-electron chi connectivity index (χ3n) is 5.87. The molecule has 3 rings (SSSR count). The van der Waals surface area contributed by atoms with Gasteiger partial charge in [-0.1, -0.05) is 30.3 Å². The van der Waals surface area contributed by atoms with E-state index < -0.39 is 11.4 Å². The molecule has 158 valence electrons. The summed E-state index contributed by atoms with van der Waals surface area (Å²) in [5.41, 5.74) is 0.290. The van der Waals surface area contributed by atoms with E-state index in [4.69, 9.17) is 9.47 Å². The number of para-hydroxylation sites is 2. The third kappa shape index (κ3) is 5.16. The van der Waals surface area contributed by atoms with Crippen molar-refractivity contribution in [2.45, 2.75) is 44.6 Å². The van der Waals surface area contributed by atoms with Crippen molar-refractivity contribution < 1.29 is 19.0 Å². The van der Waals surface area contributed by atoms with Crippen molar-refractivity contribution in [1.29, 1.82) is 0 Å². The lowest BCUT2D eigenvalue weighted by atomic mass is 9.74. The van der Waals surface area contributed by atoms with E-state index in [-0.39, 0.29) is 11.7 Å². The van der Waals surface area contributed by atoms with Crippen molar-refractivity contribution in [3.63, 3.8) is 0 Å². The lowest BCUT2D eigenvalue weighted by molar-refractivity contribution is -0.0450. The van der Waals surface area contributed by atoms with Gasteiger partial charge in [-0.3, -0.25) is 0 Å². The SMILES string of the molecule is COCCCC[C@@](O)(c1cccc(F)c1Oc1ccccc1C)[C@@H]1CCCNC1. The maximum Gasteiger partial charge on any atom is 0.169 e. The number of aryl methyl sites for hydroxylation is 1. The van der Waals surface area contributed by atoms with Gasteiger partial charge >= 0.3 is 0 Å². The molecule has 4 nitrogen and oxygen atoms in total. The number of methoxy groups -OCH3 is 1. The molecule has 5 heteroatoms. The van der Waals surface area contributed by atoms with Crippen LogP contribution in [0.25, 0.3) is 0 Å². The number of nitrogens with one attached hydrogen (secondary N) is 1. The predicted octanol–water partition coefficient (Wildman–Crippen LogP) is 4.93. The molecule has 2 atom stereocenters. The zero-order valence-corrected chi connectivity index (χ0v) is 17.4. The van der Waals surface area contributed by atoms with Gasteiger partial charge in [0, 0.05) is 31.7 Å². The van der Waals surface area contributed by atoms with Crippen LogP contribution in [0.4, 0.5) is 4.39 Å². The minimum absolute atomic E-state index is 0.000171. The second-order valence-electron chi connectivity index (χ2n) is 7.90. The van der Waals surface area contributed by atoms with Gasteiger partial charge < -0.3 is 19.9 Å². The average Bonchev–Trinajstić information content (AvgIpc) is 2.74. The van der Waals surface area contributed by atoms with Crippen LogP contribution in [0.3, 0.4) is 0 Å². The molecule has 0 aromatic heterocycles. The van der Waals surface area contributed by atoms with Crippen LogP contribution in [0.1, 0.15) is 43.2 Å². The minimum atomic E-state index is -1.17. The summed E-state index contributed by atoms with van der Waals surface area (Å²) < 4.78 is 26.2. The molecule has 1 saturated heterocycles. The number of aliphatic hydroxyl groups is 1. The molecule has 1 heterocycles. The van der Waals surface area contributed by atoms with Crippen LogP contribution >= 0.6 is 0 Å². The molecule has 2 aromatic rings. The van der Waals surface area contributed by atoms with Gasteiger partial charge in [0.2, 0.25) is 0 Å². The van der Waals surface area contributed by atoms with E-state index in [1.165, 1.54) is 6.07 Å². The van der Waals surface area contributed by atoms with Crippen molar-refractivity contribution in [3.8, 4) is 11.5 Å². The van der Waals surface area contributed by atoms with Crippen molar-refractivity contribution in [3.05, 3.63) is 59.4 Å². The standard InChI is InChI=1S/C24H32FNO3/c1-18-9-3-4-13-22(18)29-23-20(11-7-12-21(23)25)24(27,14-5-6-16-28-2)19-10-8-15-26-17-19/h3-4,7,9,11-13,19,26-27H,5-6,8,10,14-17H2,1-2H3/t19-,24+/m1/s1. The number of benzene rings is 2. The quantitative estimate of drug-likeness (QED) is 0.585. The van der Waals surface area contributed by atoms with Gasteiger partial charge in [-0.15, -0.1) is 0 Å². The summed E-state index contributed by atoms with van der Waals surface area (Å²) in [6.07, 6.45) is 4.07. The highest BCUT2D eigenvalue weighted by Gasteiger charge is 2.41. The normalized spacial score (nSPS) is 19.0. The first kappa shape index (κ1) is 21.8. The monoisotopic (exact) mass is 401 g/mol. The van der Waals surface area contributed by atoms with Gasteiger partial charge in [0.15, 0.2) is 11.6 Å². The van der Waals surface area contributed by atoms with E-state index in [1.54, 1.807) is 13.2 Å². The summed E-state index contributed by atoms with van der Waals surface area (Å²) in [5, 5.41) is 15.3. The molecule has 1 fully saturated rings. The molecule has 1 aliphatic heterocycles. The van der Waals surface area contributed by atoms with E-state index in [0.29, 0.717) is 30.9 Å². The summed E-state index contributed by atoms with van der Waals surface area (Å²) >= 11 is 0. The second kappa shape index (κ2) is 10.2. The molecule has 0 spiro atoms. The highest BCUT2D eigenvalue weighted by atomic mass is 19.1. The largest absolute Gasteiger partial charge is 0.454 e. The van der Waals surface area contributed by atoms with Crippen molar-refractivity contribution in [1.82, 2.24) is 5.32 Å². The maximum absolute atomic E-state index is 14.9. The Balaban J connectivity index is 1.98. The highest BCUT2D eigenvalue weighted by molar-refractivity contribution is 5.44. The van der Waals surface area contributed by atoms with Gasteiger partial charge in [0.25, 0.3) is 0 Å². The molecule has 0 aliphatic carbocycles. The predicted molar refractivity (Wildman–Crippen MR) is 113 cm³/mol. The smallest absolute Gasteiger partial charge is 0.169 e. The summed E-state index contributed by atoms with van der Waals surface area (Å²) in [5.74, 6) is 0.272. The van der Waals surface area contributed by atoms with Crippen LogP contribution in [0, 0.1) is 18.7 Å². The number of hydrogen-bond donors (Lipinski definition) is 2. The van der Waals surface area contributed by atoms with Crippen LogP contribution in [0.5, 0.6) is 11.5 Å². The lowest BCUT2D eigenvalue weighted by Crippen LogP contribution is -2.44. The molecule has 2 N–H and O–H groups in total. The first-order chi connectivity index (χ1) is 14.1. The highest BCUT2D eigenvalue weighted by Crippen LogP contribution is 2.44. The second-order valence-corrected chi connectivity index (χ2v) is 7.90. The van der Waals surface area contributed by atoms with E-state index in [9.17, 15) is 9.50 Å². The van der Waals surface area contributed by atoms with Gasteiger partial charge in [-0.05, 0) is 63.3 Å². The molecule has 1 aliphatic rings. The van der Waals surface area contributed by atoms with Crippen LogP contribution in [0.15, 0.2) is 42.5 Å². The lowest BCUT2D eigenvalue weighted by Gasteiger charge is -2.40. The summed E-state index contributed by atoms with van der Waals surface area (Å²) in [6.45, 7) is 4.24. The Morgan fingerprint density at radius 2 is 2.00 bits per heavy atom. The van der Waals surface area contributed by atoms with Crippen molar-refractivity contribution in [2.24, 2.45) is 5.92 Å². The zero-order chi connectivity index (χ0) is 20.7. The Kier molecular flexibility index (Phi) is 7.64. The summed E-state index contributed by atoms with van der Waals surface area (Å²) in [4.78, 5) is 0. The Labute approximate surface area is 173 Å². The fraction of sp³-hybridized carbons (Fsp3) is 0.500. The van der Waals surface area contributed by atoms with Crippen LogP contribution in [0.2, 0.25) is 0 Å². The fourth-order valence-corrected chi connectivity index (χ4v) is 4.19. The van der Waals surface area contributed by atoms with Gasteiger partial charge in [-0.2, -0.15) is 0 Å². The van der Waals surface area contributed by atoms with E-state index in [0.717, 1.165) is 37.8 Å². The molecule has 0 bridgehead atoms. The fourth-order valence-electron chi connectivity index (χ4n) is 4.19. The van der Waals surface area contributed by atoms with Crippen LogP contribution in [-0.4, -0.2) is 31.9 Å². The average molecular weight is 402 g/mol. The molecule has 0 saturated carbocycles. The van der Waals surface area contributed by atoms with E-state index in [1.807, 2.05) is 37.3 Å². The summed E-state index contributed by atoms with van der Waals surface area (Å²) in [6, 6.07) is 12.4. The number of piperidine rings is 1. The number of halogens is 1. The first-order valence-electron chi connectivity index (χ1n) is 10.5. The third-order valence-corrected chi connectivity index (χ3v) is 5.87. The zero-order valence-electron chi connectivity index (χ0n) is 17.4. The molecule has 0 radical (unpaired) electrons. The number of ether oxygens (including phenoxy) is 2. The molecule has 2 aromatic carbocycles. The molecular weight excluding hydrogens is 369 g/mol. The van der Waals surface area contributed by atoms with Gasteiger partial charge in [0.05, 0.1) is 5.60 Å². The van der Waals surface area contributed by atoms with Crippen LogP contribution in [-0.2, 0) is 10.3 Å². The molecule has 29 heavy (non-hydrogen) atoms. The topological polar surface area (TPSA) is 50.7 Å². The van der Waals surface area contributed by atoms with Gasteiger partial charge in [-0.25, -0.2) is 4.39 Å². The van der Waals surface area contributed by atoms with Crippen molar-refractivity contribution in [2.75, 3.05) is 26.8 Å². The Hall–Kier alpha value is -1.95. The number of unbranched alkanes of at least 4 members (excludes halogenated alkanes) is 1. The Morgan fingerprint density at radius 3 is 2.72 bits per heavy atom. The van der Waals surface area contributed by atoms with Crippen molar-refractivity contribution >= 4 is 0 Å². The number of hydrogen-bond acceptors (Lipinski definition) is 4. The minimum Gasteiger partial charge on any atom is -0.454 e. The van der Waals surface area contributed by atoms with Gasteiger partial charge in [0.1, 0.15) is 5.75 Å². The first-order valence-corrected chi connectivity index (χ1v) is 10.5. The molecule has 0 amide bonds. The van der Waals surface area contributed by atoms with E-state index in [2.05, 4.69) is 5.32 Å². The number of rotatable bonds is 9. The van der Waals surface area contributed by atoms with E-state index >= 15 is 0 Å². The Morgan fingerprint density at radius 1 is 1.17 bits per heavy atom.